The Morgan fingerprint density at radius 3 is 2.68 bits per heavy atom. The van der Waals surface area contributed by atoms with Crippen LogP contribution >= 0.6 is 11.6 Å². The van der Waals surface area contributed by atoms with Gasteiger partial charge >= 0.3 is 0 Å². The number of halogens is 1. The lowest BCUT2D eigenvalue weighted by Crippen LogP contribution is -2.43. The fraction of sp³-hybridized carbons (Fsp3) is 0.400. The van der Waals surface area contributed by atoms with E-state index in [0.717, 1.165) is 11.3 Å². The molecular weight excluding hydrogens is 304 g/mol. The average molecular weight is 323 g/mol. The van der Waals surface area contributed by atoms with Gasteiger partial charge in [0.05, 0.1) is 17.9 Å². The zero-order valence-corrected chi connectivity index (χ0v) is 13.8. The number of pyridine rings is 1. The van der Waals surface area contributed by atoms with Crippen LogP contribution in [-0.2, 0) is 24.0 Å². The maximum Gasteiger partial charge on any atom is 0.260 e. The van der Waals surface area contributed by atoms with Gasteiger partial charge in [0, 0.05) is 25.9 Å². The molecule has 1 atom stereocenters. The molecule has 0 aliphatic carbocycles. The van der Waals surface area contributed by atoms with Crippen molar-refractivity contribution in [2.45, 2.75) is 26.0 Å². The van der Waals surface area contributed by atoms with Gasteiger partial charge in [0.15, 0.2) is 5.60 Å². The molecule has 1 N–H and O–H groups in total. The molecule has 1 unspecified atom stereocenters. The van der Waals surface area contributed by atoms with E-state index in [1.807, 2.05) is 6.92 Å². The molecule has 0 radical (unpaired) electrons. The van der Waals surface area contributed by atoms with Gasteiger partial charge in [-0.2, -0.15) is 5.10 Å². The van der Waals surface area contributed by atoms with Gasteiger partial charge in [0.1, 0.15) is 5.15 Å². The molecule has 2 heterocycles. The average Bonchev–Trinajstić information content (AvgIpc) is 2.73. The van der Waals surface area contributed by atoms with Crippen molar-refractivity contribution in [3.05, 3.63) is 46.5 Å². The van der Waals surface area contributed by atoms with E-state index in [-0.39, 0.29) is 6.54 Å². The highest BCUT2D eigenvalue weighted by atomic mass is 35.5. The van der Waals surface area contributed by atoms with Crippen LogP contribution in [0.5, 0.6) is 0 Å². The normalized spacial score (nSPS) is 13.7. The number of likely N-dealkylation sites (N-methyl/N-ethyl adjacent to an activating group) is 1. The number of rotatable bonds is 4. The summed E-state index contributed by atoms with van der Waals surface area (Å²) in [5.74, 6) is -0.453. The summed E-state index contributed by atoms with van der Waals surface area (Å²) < 4.78 is 1.56. The van der Waals surface area contributed by atoms with Crippen molar-refractivity contribution < 1.29 is 9.90 Å². The van der Waals surface area contributed by atoms with Crippen LogP contribution in [-0.4, -0.2) is 37.7 Å². The van der Waals surface area contributed by atoms with Gasteiger partial charge in [-0.1, -0.05) is 17.7 Å². The van der Waals surface area contributed by atoms with E-state index >= 15 is 0 Å². The van der Waals surface area contributed by atoms with Crippen molar-refractivity contribution in [3.8, 4) is 0 Å². The molecule has 118 valence electrons. The van der Waals surface area contributed by atoms with Crippen molar-refractivity contribution in [3.63, 3.8) is 0 Å². The fourth-order valence-electron chi connectivity index (χ4n) is 2.29. The van der Waals surface area contributed by atoms with Gasteiger partial charge in [-0.3, -0.25) is 14.5 Å². The van der Waals surface area contributed by atoms with Crippen molar-refractivity contribution in [1.82, 2.24) is 19.7 Å². The largest absolute Gasteiger partial charge is 0.374 e. The zero-order valence-electron chi connectivity index (χ0n) is 13.0. The van der Waals surface area contributed by atoms with Crippen LogP contribution in [0.25, 0.3) is 0 Å². The summed E-state index contributed by atoms with van der Waals surface area (Å²) in [4.78, 5) is 18.0. The van der Waals surface area contributed by atoms with Crippen molar-refractivity contribution in [1.29, 1.82) is 0 Å². The molecule has 0 bridgehead atoms. The fourth-order valence-corrected chi connectivity index (χ4v) is 2.53. The first-order valence-electron chi connectivity index (χ1n) is 6.82. The Morgan fingerprint density at radius 2 is 2.18 bits per heavy atom. The first-order valence-corrected chi connectivity index (χ1v) is 7.20. The second-order valence-corrected chi connectivity index (χ2v) is 5.78. The van der Waals surface area contributed by atoms with E-state index in [0.29, 0.717) is 10.8 Å². The topological polar surface area (TPSA) is 71.2 Å². The third kappa shape index (κ3) is 2.98. The van der Waals surface area contributed by atoms with Crippen LogP contribution in [0.4, 0.5) is 0 Å². The third-order valence-corrected chi connectivity index (χ3v) is 4.06. The molecule has 6 nitrogen and oxygen atoms in total. The smallest absolute Gasteiger partial charge is 0.260 e. The summed E-state index contributed by atoms with van der Waals surface area (Å²) in [6, 6.07) is 5.08. The van der Waals surface area contributed by atoms with Crippen LogP contribution < -0.4 is 0 Å². The molecule has 0 spiro atoms. The van der Waals surface area contributed by atoms with Crippen LogP contribution in [0.2, 0.25) is 5.15 Å². The number of hydrogen-bond acceptors (Lipinski definition) is 4. The molecule has 2 aromatic heterocycles. The lowest BCUT2D eigenvalue weighted by molar-refractivity contribution is -0.150. The van der Waals surface area contributed by atoms with Crippen molar-refractivity contribution in [2.75, 3.05) is 7.05 Å². The van der Waals surface area contributed by atoms with Crippen molar-refractivity contribution in [2.24, 2.45) is 7.05 Å². The maximum atomic E-state index is 12.6. The SMILES string of the molecule is Cc1nn(C)c(Cl)c1CN(C)C(=O)C(C)(O)c1ccccn1. The van der Waals surface area contributed by atoms with Crippen LogP contribution in [0, 0.1) is 6.92 Å². The Morgan fingerprint density at radius 1 is 1.50 bits per heavy atom. The van der Waals surface area contributed by atoms with Gasteiger partial charge in [-0.25, -0.2) is 0 Å². The van der Waals surface area contributed by atoms with Gasteiger partial charge in [0.2, 0.25) is 0 Å². The number of amides is 1. The minimum absolute atomic E-state index is 0.264. The summed E-state index contributed by atoms with van der Waals surface area (Å²) in [6.45, 7) is 3.53. The van der Waals surface area contributed by atoms with Crippen LogP contribution in [0.1, 0.15) is 23.9 Å². The summed E-state index contributed by atoms with van der Waals surface area (Å²) in [5, 5.41) is 15.2. The second kappa shape index (κ2) is 6.06. The summed E-state index contributed by atoms with van der Waals surface area (Å²) >= 11 is 6.18. The molecule has 0 saturated carbocycles. The summed E-state index contributed by atoms with van der Waals surface area (Å²) in [7, 11) is 3.35. The highest BCUT2D eigenvalue weighted by molar-refractivity contribution is 6.30. The van der Waals surface area contributed by atoms with E-state index < -0.39 is 11.5 Å². The van der Waals surface area contributed by atoms with E-state index in [9.17, 15) is 9.90 Å². The molecule has 0 fully saturated rings. The van der Waals surface area contributed by atoms with Gasteiger partial charge in [-0.05, 0) is 26.0 Å². The maximum absolute atomic E-state index is 12.6. The van der Waals surface area contributed by atoms with Crippen LogP contribution in [0.15, 0.2) is 24.4 Å². The Balaban J connectivity index is 2.22. The van der Waals surface area contributed by atoms with Crippen LogP contribution in [0.3, 0.4) is 0 Å². The number of aryl methyl sites for hydroxylation is 2. The second-order valence-electron chi connectivity index (χ2n) is 5.43. The monoisotopic (exact) mass is 322 g/mol. The quantitative estimate of drug-likeness (QED) is 0.929. The zero-order chi connectivity index (χ0) is 16.5. The molecule has 0 aromatic carbocycles. The van der Waals surface area contributed by atoms with E-state index in [1.54, 1.807) is 43.2 Å². The minimum Gasteiger partial charge on any atom is -0.374 e. The highest BCUT2D eigenvalue weighted by Crippen LogP contribution is 2.24. The lowest BCUT2D eigenvalue weighted by atomic mass is 9.99. The number of aromatic nitrogens is 3. The van der Waals surface area contributed by atoms with Gasteiger partial charge < -0.3 is 10.0 Å². The molecule has 22 heavy (non-hydrogen) atoms. The van der Waals surface area contributed by atoms with E-state index in [1.165, 1.54) is 11.8 Å². The Hall–Kier alpha value is -1.92. The Labute approximate surface area is 134 Å². The van der Waals surface area contributed by atoms with Gasteiger partial charge in [-0.15, -0.1) is 0 Å². The Bertz CT molecular complexity index is 682. The first-order chi connectivity index (χ1) is 10.2. The summed E-state index contributed by atoms with van der Waals surface area (Å²) in [5.41, 5.74) is 0.126. The predicted octanol–water partition coefficient (Wildman–Crippen LogP) is 1.64. The molecule has 2 rings (SSSR count). The molecule has 1 amide bonds. The third-order valence-electron chi connectivity index (χ3n) is 3.59. The molecular formula is C15H19ClN4O2. The number of nitrogens with zero attached hydrogens (tertiary/aromatic N) is 4. The molecule has 7 heteroatoms. The van der Waals surface area contributed by atoms with E-state index in [4.69, 9.17) is 11.6 Å². The number of hydrogen-bond donors (Lipinski definition) is 1. The van der Waals surface area contributed by atoms with Crippen molar-refractivity contribution >= 4 is 17.5 Å². The predicted molar refractivity (Wildman–Crippen MR) is 83.2 cm³/mol. The number of carbonyl (C=O) groups is 1. The van der Waals surface area contributed by atoms with E-state index in [2.05, 4.69) is 10.1 Å². The lowest BCUT2D eigenvalue weighted by Gasteiger charge is -2.27. The summed E-state index contributed by atoms with van der Waals surface area (Å²) in [6.07, 6.45) is 1.54. The molecule has 0 aliphatic rings. The molecule has 2 aromatic rings. The Kier molecular flexibility index (Phi) is 4.53. The minimum atomic E-state index is -1.70. The van der Waals surface area contributed by atoms with Gasteiger partial charge in [0.25, 0.3) is 5.91 Å². The number of carbonyl (C=O) groups excluding carboxylic acids is 1. The molecule has 0 saturated heterocycles. The molecule has 0 aliphatic heterocycles. The first kappa shape index (κ1) is 16.5. The standard InChI is InChI=1S/C15H19ClN4O2/c1-10-11(13(16)20(4)18-10)9-19(3)14(21)15(2,22)12-7-5-6-8-17-12/h5-8,22H,9H2,1-4H3. The highest BCUT2D eigenvalue weighted by Gasteiger charge is 2.36. The number of aliphatic hydroxyl groups is 1.